The number of benzene rings is 2. The molecule has 2 nitrogen and oxygen atoms in total. The number of nitrogens with zero attached hydrogens (tertiary/aromatic N) is 2. The summed E-state index contributed by atoms with van der Waals surface area (Å²) in [6, 6.07) is 22.4. The first kappa shape index (κ1) is 15.0. The Balaban J connectivity index is 1.82. The molecule has 0 amide bonds. The topological polar surface area (TPSA) is 36.7 Å². The number of hydrogen-bond donors (Lipinski definition) is 0. The molecule has 2 aromatic carbocycles. The molecule has 3 rings (SSSR count). The minimum Gasteiger partial charge on any atom is -0.256 e. The predicted octanol–water partition coefficient (Wildman–Crippen LogP) is 5.24. The highest BCUT2D eigenvalue weighted by Crippen LogP contribution is 2.23. The molecule has 3 aromatic rings. The van der Waals surface area contributed by atoms with Gasteiger partial charge < -0.3 is 0 Å². The van der Waals surface area contributed by atoms with Crippen molar-refractivity contribution in [2.75, 3.05) is 0 Å². The molecule has 0 aliphatic heterocycles. The third kappa shape index (κ3) is 3.46. The fourth-order valence-electron chi connectivity index (χ4n) is 2.60. The zero-order chi connectivity index (χ0) is 16.1. The second kappa shape index (κ2) is 6.89. The maximum atomic E-state index is 8.85. The molecule has 0 fully saturated rings. The Bertz CT molecular complexity index is 808. The number of aryl methyl sites for hydroxylation is 1. The molecular formula is C21H18N2. The van der Waals surface area contributed by atoms with Gasteiger partial charge in [-0.3, -0.25) is 4.98 Å². The maximum Gasteiger partial charge on any atom is 0.0991 e. The van der Waals surface area contributed by atoms with E-state index < -0.39 is 0 Å². The first-order valence-electron chi connectivity index (χ1n) is 7.86. The minimum atomic E-state index is 0.664. The second-order valence-electron chi connectivity index (χ2n) is 5.57. The highest BCUT2D eigenvalue weighted by Gasteiger charge is 2.02. The van der Waals surface area contributed by atoms with Gasteiger partial charge in [0, 0.05) is 17.3 Å². The number of hydrogen-bond acceptors (Lipinski definition) is 2. The van der Waals surface area contributed by atoms with Gasteiger partial charge in [-0.25, -0.2) is 0 Å². The molecule has 1 aromatic heterocycles. The lowest BCUT2D eigenvalue weighted by atomic mass is 10.0. The number of nitriles is 1. The maximum absolute atomic E-state index is 8.85. The number of rotatable bonds is 4. The lowest BCUT2D eigenvalue weighted by Gasteiger charge is -2.05. The molecule has 0 bridgehead atoms. The Morgan fingerprint density at radius 2 is 1.48 bits per heavy atom. The summed E-state index contributed by atoms with van der Waals surface area (Å²) in [7, 11) is 0. The SMILES string of the molecule is CCCc1ccc(-c2ccc(-c3ccc(C#N)cc3)nc2)cc1. The van der Waals surface area contributed by atoms with Crippen LogP contribution in [0.4, 0.5) is 0 Å². The average molecular weight is 298 g/mol. The summed E-state index contributed by atoms with van der Waals surface area (Å²) in [5.41, 5.74) is 6.28. The quantitative estimate of drug-likeness (QED) is 0.660. The molecule has 0 saturated heterocycles. The summed E-state index contributed by atoms with van der Waals surface area (Å²) in [6.07, 6.45) is 4.19. The molecule has 2 heteroatoms. The van der Waals surface area contributed by atoms with Crippen LogP contribution in [-0.2, 0) is 6.42 Å². The predicted molar refractivity (Wildman–Crippen MR) is 93.8 cm³/mol. The van der Waals surface area contributed by atoms with E-state index in [-0.39, 0.29) is 0 Å². The van der Waals surface area contributed by atoms with Crippen molar-refractivity contribution in [2.45, 2.75) is 19.8 Å². The van der Waals surface area contributed by atoms with Crippen molar-refractivity contribution in [1.29, 1.82) is 5.26 Å². The molecule has 0 saturated carbocycles. The van der Waals surface area contributed by atoms with Crippen LogP contribution in [0.15, 0.2) is 66.9 Å². The van der Waals surface area contributed by atoms with E-state index in [9.17, 15) is 0 Å². The molecule has 112 valence electrons. The van der Waals surface area contributed by atoms with Crippen molar-refractivity contribution in [3.8, 4) is 28.5 Å². The van der Waals surface area contributed by atoms with Gasteiger partial charge in [0.05, 0.1) is 17.3 Å². The monoisotopic (exact) mass is 298 g/mol. The summed E-state index contributed by atoms with van der Waals surface area (Å²) in [4.78, 5) is 4.56. The first-order valence-corrected chi connectivity index (χ1v) is 7.86. The molecule has 0 spiro atoms. The zero-order valence-electron chi connectivity index (χ0n) is 13.2. The van der Waals surface area contributed by atoms with Crippen LogP contribution in [0.1, 0.15) is 24.5 Å². The summed E-state index contributed by atoms with van der Waals surface area (Å²) < 4.78 is 0. The Morgan fingerprint density at radius 1 is 0.826 bits per heavy atom. The fraction of sp³-hybridized carbons (Fsp3) is 0.143. The Morgan fingerprint density at radius 3 is 2.04 bits per heavy atom. The van der Waals surface area contributed by atoms with Gasteiger partial charge in [0.25, 0.3) is 0 Å². The van der Waals surface area contributed by atoms with Crippen LogP contribution in [-0.4, -0.2) is 4.98 Å². The Labute approximate surface area is 137 Å². The smallest absolute Gasteiger partial charge is 0.0991 e. The highest BCUT2D eigenvalue weighted by atomic mass is 14.7. The van der Waals surface area contributed by atoms with Crippen LogP contribution < -0.4 is 0 Å². The standard InChI is InChI=1S/C21H18N2/c1-2-3-16-4-8-18(9-5-16)20-12-13-21(23-15-20)19-10-6-17(14-22)7-11-19/h4-13,15H,2-3H2,1H3. The molecule has 0 unspecified atom stereocenters. The highest BCUT2D eigenvalue weighted by molar-refractivity contribution is 5.67. The second-order valence-corrected chi connectivity index (χ2v) is 5.57. The molecule has 0 aliphatic rings. The molecule has 0 aliphatic carbocycles. The van der Waals surface area contributed by atoms with E-state index in [4.69, 9.17) is 5.26 Å². The lowest BCUT2D eigenvalue weighted by molar-refractivity contribution is 0.922. The first-order chi connectivity index (χ1) is 11.3. The van der Waals surface area contributed by atoms with Crippen molar-refractivity contribution in [2.24, 2.45) is 0 Å². The minimum absolute atomic E-state index is 0.664. The molecular weight excluding hydrogens is 280 g/mol. The van der Waals surface area contributed by atoms with E-state index in [0.29, 0.717) is 5.56 Å². The summed E-state index contributed by atoms with van der Waals surface area (Å²) in [5.74, 6) is 0. The van der Waals surface area contributed by atoms with E-state index in [2.05, 4.69) is 48.3 Å². The van der Waals surface area contributed by atoms with Gasteiger partial charge in [0.2, 0.25) is 0 Å². The van der Waals surface area contributed by atoms with Crippen LogP contribution in [0.5, 0.6) is 0 Å². The van der Waals surface area contributed by atoms with Crippen molar-refractivity contribution >= 4 is 0 Å². The largest absolute Gasteiger partial charge is 0.256 e. The van der Waals surface area contributed by atoms with E-state index in [1.165, 1.54) is 17.5 Å². The molecule has 23 heavy (non-hydrogen) atoms. The van der Waals surface area contributed by atoms with Gasteiger partial charge >= 0.3 is 0 Å². The van der Waals surface area contributed by atoms with E-state index in [1.54, 1.807) is 0 Å². The van der Waals surface area contributed by atoms with Crippen LogP contribution in [0.3, 0.4) is 0 Å². The summed E-state index contributed by atoms with van der Waals surface area (Å²) in [6.45, 7) is 2.19. The van der Waals surface area contributed by atoms with Gasteiger partial charge in [-0.15, -0.1) is 0 Å². The van der Waals surface area contributed by atoms with Crippen molar-refractivity contribution in [3.63, 3.8) is 0 Å². The normalized spacial score (nSPS) is 10.3. The zero-order valence-corrected chi connectivity index (χ0v) is 13.2. The van der Waals surface area contributed by atoms with E-state index in [1.807, 2.05) is 36.5 Å². The van der Waals surface area contributed by atoms with Crippen LogP contribution in [0.25, 0.3) is 22.4 Å². The van der Waals surface area contributed by atoms with Gasteiger partial charge in [0.1, 0.15) is 0 Å². The number of pyridine rings is 1. The van der Waals surface area contributed by atoms with Gasteiger partial charge in [0.15, 0.2) is 0 Å². The van der Waals surface area contributed by atoms with Crippen molar-refractivity contribution in [3.05, 3.63) is 78.0 Å². The van der Waals surface area contributed by atoms with E-state index >= 15 is 0 Å². The van der Waals surface area contributed by atoms with Crippen molar-refractivity contribution < 1.29 is 0 Å². The number of aromatic nitrogens is 1. The molecule has 0 N–H and O–H groups in total. The summed E-state index contributed by atoms with van der Waals surface area (Å²) >= 11 is 0. The third-order valence-corrected chi connectivity index (χ3v) is 3.90. The fourth-order valence-corrected chi connectivity index (χ4v) is 2.60. The van der Waals surface area contributed by atoms with Gasteiger partial charge in [-0.1, -0.05) is 55.8 Å². The Hall–Kier alpha value is -2.92. The van der Waals surface area contributed by atoms with Crippen LogP contribution in [0.2, 0.25) is 0 Å². The van der Waals surface area contributed by atoms with Crippen LogP contribution in [0, 0.1) is 11.3 Å². The van der Waals surface area contributed by atoms with Gasteiger partial charge in [-0.05, 0) is 35.7 Å². The molecule has 0 radical (unpaired) electrons. The average Bonchev–Trinajstić information content (AvgIpc) is 2.63. The molecule has 0 atom stereocenters. The van der Waals surface area contributed by atoms with Gasteiger partial charge in [-0.2, -0.15) is 5.26 Å². The Kier molecular flexibility index (Phi) is 4.49. The van der Waals surface area contributed by atoms with Crippen molar-refractivity contribution in [1.82, 2.24) is 4.98 Å². The van der Waals surface area contributed by atoms with Crippen LogP contribution >= 0.6 is 0 Å². The summed E-state index contributed by atoms with van der Waals surface area (Å²) in [5, 5.41) is 8.85. The third-order valence-electron chi connectivity index (χ3n) is 3.90. The lowest BCUT2D eigenvalue weighted by Crippen LogP contribution is -1.87. The molecule has 1 heterocycles. The van der Waals surface area contributed by atoms with E-state index in [0.717, 1.165) is 23.2 Å².